The van der Waals surface area contributed by atoms with E-state index in [0.717, 1.165) is 19.4 Å². The van der Waals surface area contributed by atoms with Gasteiger partial charge in [0.2, 0.25) is 0 Å². The molecule has 0 bridgehead atoms. The fourth-order valence-corrected chi connectivity index (χ4v) is 2.39. The van der Waals surface area contributed by atoms with Crippen LogP contribution >= 0.6 is 0 Å². The highest BCUT2D eigenvalue weighted by molar-refractivity contribution is 5.38. The van der Waals surface area contributed by atoms with Gasteiger partial charge in [0.1, 0.15) is 11.6 Å². The largest absolute Gasteiger partial charge is 0.433 e. The smallest absolute Gasteiger partial charge is 0.387 e. The van der Waals surface area contributed by atoms with Crippen LogP contribution in [0, 0.1) is 0 Å². The Morgan fingerprint density at radius 3 is 2.90 bits per heavy atom. The first-order valence-electron chi connectivity index (χ1n) is 6.52. The minimum absolute atomic E-state index is 0.0520. The van der Waals surface area contributed by atoms with Crippen molar-refractivity contribution in [3.8, 4) is 5.75 Å². The van der Waals surface area contributed by atoms with Gasteiger partial charge < -0.3 is 20.1 Å². The van der Waals surface area contributed by atoms with Crippen LogP contribution in [0.5, 0.6) is 5.75 Å². The van der Waals surface area contributed by atoms with E-state index in [4.69, 9.17) is 4.74 Å². The molecule has 112 valence electrons. The Bertz CT molecular complexity index is 409. The average molecular weight is 287 g/mol. The number of halogens is 2. The van der Waals surface area contributed by atoms with Crippen LogP contribution in [-0.2, 0) is 4.74 Å². The standard InChI is InChI=1S/C13H19F2N3O2/c1-19-9-13(5-2-6-18-13)8-17-11-4-3-10(7-16-11)20-12(14)15/h3-4,7,12,18H,2,5-6,8-9H2,1H3,(H,16,17). The van der Waals surface area contributed by atoms with Gasteiger partial charge >= 0.3 is 6.61 Å². The number of pyridine rings is 1. The van der Waals surface area contributed by atoms with E-state index in [9.17, 15) is 8.78 Å². The molecule has 0 amide bonds. The van der Waals surface area contributed by atoms with Crippen molar-refractivity contribution in [2.24, 2.45) is 0 Å². The van der Waals surface area contributed by atoms with E-state index in [1.807, 2.05) is 0 Å². The molecule has 0 radical (unpaired) electrons. The molecule has 1 aliphatic rings. The molecule has 1 aromatic rings. The van der Waals surface area contributed by atoms with Gasteiger partial charge in [0.15, 0.2) is 0 Å². The van der Waals surface area contributed by atoms with Gasteiger partial charge in [-0.2, -0.15) is 8.78 Å². The second kappa shape index (κ2) is 6.81. The molecule has 0 spiro atoms. The lowest BCUT2D eigenvalue weighted by Crippen LogP contribution is -2.49. The van der Waals surface area contributed by atoms with E-state index in [1.54, 1.807) is 13.2 Å². The molecule has 1 fully saturated rings. The average Bonchev–Trinajstić information content (AvgIpc) is 2.87. The Hall–Kier alpha value is -1.47. The summed E-state index contributed by atoms with van der Waals surface area (Å²) in [5.74, 6) is 0.673. The van der Waals surface area contributed by atoms with Gasteiger partial charge in [0.25, 0.3) is 0 Å². The van der Waals surface area contributed by atoms with Crippen LogP contribution in [0.4, 0.5) is 14.6 Å². The number of alkyl halides is 2. The van der Waals surface area contributed by atoms with Gasteiger partial charge in [-0.1, -0.05) is 0 Å². The number of anilines is 1. The number of hydrogen-bond donors (Lipinski definition) is 2. The minimum Gasteiger partial charge on any atom is -0.433 e. The summed E-state index contributed by atoms with van der Waals surface area (Å²) < 4.78 is 33.5. The van der Waals surface area contributed by atoms with Crippen LogP contribution in [0.1, 0.15) is 12.8 Å². The van der Waals surface area contributed by atoms with E-state index in [0.29, 0.717) is 19.0 Å². The SMILES string of the molecule is COCC1(CNc2ccc(OC(F)F)cn2)CCCN1. The maximum Gasteiger partial charge on any atom is 0.387 e. The van der Waals surface area contributed by atoms with Gasteiger partial charge in [-0.25, -0.2) is 4.98 Å². The zero-order valence-corrected chi connectivity index (χ0v) is 11.4. The molecule has 1 aliphatic heterocycles. The van der Waals surface area contributed by atoms with Crippen molar-refractivity contribution in [3.63, 3.8) is 0 Å². The van der Waals surface area contributed by atoms with Crippen molar-refractivity contribution in [2.45, 2.75) is 25.0 Å². The quantitative estimate of drug-likeness (QED) is 0.802. The van der Waals surface area contributed by atoms with Crippen molar-refractivity contribution in [1.29, 1.82) is 0 Å². The van der Waals surface area contributed by atoms with Crippen molar-refractivity contribution >= 4 is 5.82 Å². The number of nitrogens with one attached hydrogen (secondary N) is 2. The summed E-state index contributed by atoms with van der Waals surface area (Å²) in [4.78, 5) is 4.05. The molecule has 2 rings (SSSR count). The van der Waals surface area contributed by atoms with Gasteiger partial charge in [-0.15, -0.1) is 0 Å². The van der Waals surface area contributed by atoms with Crippen LogP contribution in [0.25, 0.3) is 0 Å². The predicted molar refractivity (Wildman–Crippen MR) is 71.2 cm³/mol. The molecule has 2 heterocycles. The Morgan fingerprint density at radius 2 is 2.35 bits per heavy atom. The second-order valence-corrected chi connectivity index (χ2v) is 4.85. The van der Waals surface area contributed by atoms with Crippen molar-refractivity contribution in [2.75, 3.05) is 32.1 Å². The molecule has 1 saturated heterocycles. The molecular weight excluding hydrogens is 268 g/mol. The number of aromatic nitrogens is 1. The Morgan fingerprint density at radius 1 is 1.50 bits per heavy atom. The lowest BCUT2D eigenvalue weighted by molar-refractivity contribution is -0.0500. The highest BCUT2D eigenvalue weighted by atomic mass is 19.3. The fourth-order valence-electron chi connectivity index (χ4n) is 2.39. The number of methoxy groups -OCH3 is 1. The van der Waals surface area contributed by atoms with E-state index in [2.05, 4.69) is 20.4 Å². The van der Waals surface area contributed by atoms with Gasteiger partial charge in [0.05, 0.1) is 18.3 Å². The third-order valence-electron chi connectivity index (χ3n) is 3.32. The summed E-state index contributed by atoms with van der Waals surface area (Å²) >= 11 is 0. The summed E-state index contributed by atoms with van der Waals surface area (Å²) in [6.07, 6.45) is 3.42. The van der Waals surface area contributed by atoms with Crippen molar-refractivity contribution < 1.29 is 18.3 Å². The Kier molecular flexibility index (Phi) is 5.08. The van der Waals surface area contributed by atoms with Gasteiger partial charge in [-0.05, 0) is 31.5 Å². The monoisotopic (exact) mass is 287 g/mol. The first kappa shape index (κ1) is 14.9. The highest BCUT2D eigenvalue weighted by Gasteiger charge is 2.33. The minimum atomic E-state index is -2.83. The van der Waals surface area contributed by atoms with Crippen LogP contribution in [-0.4, -0.2) is 43.9 Å². The van der Waals surface area contributed by atoms with E-state index < -0.39 is 6.61 Å². The zero-order valence-electron chi connectivity index (χ0n) is 11.4. The van der Waals surface area contributed by atoms with Crippen LogP contribution < -0.4 is 15.4 Å². The normalized spacial score (nSPS) is 22.2. The van der Waals surface area contributed by atoms with Crippen molar-refractivity contribution in [3.05, 3.63) is 18.3 Å². The number of nitrogens with zero attached hydrogens (tertiary/aromatic N) is 1. The lowest BCUT2D eigenvalue weighted by atomic mass is 9.99. The molecule has 1 atom stereocenters. The first-order chi connectivity index (χ1) is 9.63. The third kappa shape index (κ3) is 4.01. The maximum atomic E-state index is 12.0. The second-order valence-electron chi connectivity index (χ2n) is 4.85. The molecule has 0 aliphatic carbocycles. The van der Waals surface area contributed by atoms with Crippen LogP contribution in [0.15, 0.2) is 18.3 Å². The van der Waals surface area contributed by atoms with Gasteiger partial charge in [-0.3, -0.25) is 0 Å². The lowest BCUT2D eigenvalue weighted by Gasteiger charge is -2.29. The molecule has 2 N–H and O–H groups in total. The number of ether oxygens (including phenoxy) is 2. The summed E-state index contributed by atoms with van der Waals surface area (Å²) in [5, 5.41) is 6.64. The Balaban J connectivity index is 1.89. The molecule has 5 nitrogen and oxygen atoms in total. The Labute approximate surface area is 116 Å². The summed E-state index contributed by atoms with van der Waals surface area (Å²) in [7, 11) is 1.68. The van der Waals surface area contributed by atoms with Crippen LogP contribution in [0.2, 0.25) is 0 Å². The molecule has 7 heteroatoms. The van der Waals surface area contributed by atoms with Gasteiger partial charge in [0, 0.05) is 13.7 Å². The fraction of sp³-hybridized carbons (Fsp3) is 0.615. The number of hydrogen-bond acceptors (Lipinski definition) is 5. The third-order valence-corrected chi connectivity index (χ3v) is 3.32. The van der Waals surface area contributed by atoms with Crippen LogP contribution in [0.3, 0.4) is 0 Å². The molecule has 1 aromatic heterocycles. The van der Waals surface area contributed by atoms with Crippen molar-refractivity contribution in [1.82, 2.24) is 10.3 Å². The predicted octanol–water partition coefficient (Wildman–Crippen LogP) is 1.86. The molecule has 1 unspecified atom stereocenters. The molecule has 0 aromatic carbocycles. The maximum absolute atomic E-state index is 12.0. The molecule has 0 saturated carbocycles. The molecule has 20 heavy (non-hydrogen) atoms. The summed E-state index contributed by atoms with van der Waals surface area (Å²) in [5.41, 5.74) is -0.0887. The van der Waals surface area contributed by atoms with E-state index >= 15 is 0 Å². The molecular formula is C13H19F2N3O2. The zero-order chi connectivity index (χ0) is 14.4. The summed E-state index contributed by atoms with van der Waals surface area (Å²) in [6.45, 7) is -0.571. The summed E-state index contributed by atoms with van der Waals surface area (Å²) in [6, 6.07) is 3.08. The topological polar surface area (TPSA) is 55.4 Å². The highest BCUT2D eigenvalue weighted by Crippen LogP contribution is 2.21. The van der Waals surface area contributed by atoms with E-state index in [1.165, 1.54) is 12.3 Å². The first-order valence-corrected chi connectivity index (χ1v) is 6.52. The van der Waals surface area contributed by atoms with E-state index in [-0.39, 0.29) is 11.3 Å². The number of rotatable bonds is 7.